The van der Waals surface area contributed by atoms with Gasteiger partial charge >= 0.3 is 5.97 Å². The molecule has 1 amide bonds. The Bertz CT molecular complexity index is 521. The van der Waals surface area contributed by atoms with Crippen molar-refractivity contribution in [2.45, 2.75) is 46.1 Å². The summed E-state index contributed by atoms with van der Waals surface area (Å²) in [4.78, 5) is 26.6. The smallest absolute Gasteiger partial charge is 0.326 e. The van der Waals surface area contributed by atoms with Gasteiger partial charge < -0.3 is 10.0 Å². The van der Waals surface area contributed by atoms with Crippen molar-refractivity contribution in [2.75, 3.05) is 6.54 Å². The number of rotatable bonds is 3. The number of piperidine rings is 1. The number of nitrogens with zero attached hydrogens (tertiary/aromatic N) is 1. The fourth-order valence-corrected chi connectivity index (χ4v) is 3.96. The van der Waals surface area contributed by atoms with Crippen molar-refractivity contribution in [3.63, 3.8) is 0 Å². The standard InChI is InChI=1S/C15H21NO3S/c1-4-10-6-9-20-11(10)13(17)16-8-5-7-15(2,3)12(16)14(18)19/h6,9,12H,4-5,7-8H2,1-3H3,(H,18,19). The third-order valence-corrected chi connectivity index (χ3v) is 5.03. The molecular formula is C15H21NO3S. The van der Waals surface area contributed by atoms with E-state index in [1.807, 2.05) is 32.2 Å². The maximum absolute atomic E-state index is 12.7. The molecule has 0 spiro atoms. The predicted octanol–water partition coefficient (Wildman–Crippen LogP) is 3.03. The van der Waals surface area contributed by atoms with Crippen LogP contribution in [0.15, 0.2) is 11.4 Å². The first kappa shape index (κ1) is 15.0. The van der Waals surface area contributed by atoms with E-state index in [2.05, 4.69) is 0 Å². The average molecular weight is 295 g/mol. The van der Waals surface area contributed by atoms with E-state index in [1.165, 1.54) is 11.3 Å². The van der Waals surface area contributed by atoms with Crippen LogP contribution in [0.3, 0.4) is 0 Å². The van der Waals surface area contributed by atoms with E-state index in [0.717, 1.165) is 24.8 Å². The van der Waals surface area contributed by atoms with Crippen LogP contribution in [0.25, 0.3) is 0 Å². The largest absolute Gasteiger partial charge is 0.480 e. The highest BCUT2D eigenvalue weighted by molar-refractivity contribution is 7.12. The third-order valence-electron chi connectivity index (χ3n) is 4.09. The van der Waals surface area contributed by atoms with Gasteiger partial charge in [-0.1, -0.05) is 20.8 Å². The van der Waals surface area contributed by atoms with E-state index < -0.39 is 12.0 Å². The van der Waals surface area contributed by atoms with Crippen molar-refractivity contribution >= 4 is 23.2 Å². The molecule has 0 radical (unpaired) electrons. The van der Waals surface area contributed by atoms with Gasteiger partial charge in [-0.25, -0.2) is 4.79 Å². The number of carboxylic acid groups (broad SMARTS) is 1. The third kappa shape index (κ3) is 2.59. The maximum Gasteiger partial charge on any atom is 0.326 e. The Morgan fingerprint density at radius 3 is 2.80 bits per heavy atom. The van der Waals surface area contributed by atoms with Gasteiger partial charge in [0.2, 0.25) is 0 Å². The first-order chi connectivity index (χ1) is 9.38. The molecule has 1 saturated heterocycles. The van der Waals surface area contributed by atoms with Crippen LogP contribution in [0.4, 0.5) is 0 Å². The Hall–Kier alpha value is -1.36. The van der Waals surface area contributed by atoms with Crippen molar-refractivity contribution in [2.24, 2.45) is 5.41 Å². The molecule has 1 aromatic rings. The minimum Gasteiger partial charge on any atom is -0.480 e. The lowest BCUT2D eigenvalue weighted by Crippen LogP contribution is -2.56. The summed E-state index contributed by atoms with van der Waals surface area (Å²) in [5, 5.41) is 11.4. The fourth-order valence-electron chi connectivity index (χ4n) is 3.01. The SMILES string of the molecule is CCc1ccsc1C(=O)N1CCCC(C)(C)C1C(=O)O. The van der Waals surface area contributed by atoms with Crippen LogP contribution < -0.4 is 0 Å². The molecule has 1 aliphatic heterocycles. The summed E-state index contributed by atoms with van der Waals surface area (Å²) in [5.74, 6) is -1.03. The Labute approximate surface area is 123 Å². The second-order valence-corrected chi connectivity index (χ2v) is 6.88. The number of carbonyl (C=O) groups excluding carboxylic acids is 1. The van der Waals surface area contributed by atoms with Crippen LogP contribution in [0.5, 0.6) is 0 Å². The molecule has 1 N–H and O–H groups in total. The van der Waals surface area contributed by atoms with Crippen LogP contribution >= 0.6 is 11.3 Å². The van der Waals surface area contributed by atoms with Gasteiger partial charge in [-0.15, -0.1) is 11.3 Å². The average Bonchev–Trinajstić information content (AvgIpc) is 2.84. The number of carboxylic acids is 1. The maximum atomic E-state index is 12.7. The summed E-state index contributed by atoms with van der Waals surface area (Å²) in [5.41, 5.74) is 0.621. The zero-order valence-corrected chi connectivity index (χ0v) is 13.0. The van der Waals surface area contributed by atoms with Crippen molar-refractivity contribution in [3.8, 4) is 0 Å². The van der Waals surface area contributed by atoms with Gasteiger partial charge in [-0.05, 0) is 41.7 Å². The molecule has 0 aliphatic carbocycles. The highest BCUT2D eigenvalue weighted by Crippen LogP contribution is 2.36. The van der Waals surface area contributed by atoms with E-state index in [0.29, 0.717) is 11.4 Å². The molecule has 0 saturated carbocycles. The molecule has 110 valence electrons. The number of likely N-dealkylation sites (tertiary alicyclic amines) is 1. The highest BCUT2D eigenvalue weighted by Gasteiger charge is 2.45. The minimum atomic E-state index is -0.905. The van der Waals surface area contributed by atoms with E-state index >= 15 is 0 Å². The van der Waals surface area contributed by atoms with E-state index in [9.17, 15) is 14.7 Å². The normalized spacial score (nSPS) is 21.8. The van der Waals surface area contributed by atoms with Gasteiger partial charge in [-0.2, -0.15) is 0 Å². The quantitative estimate of drug-likeness (QED) is 0.932. The van der Waals surface area contributed by atoms with Gasteiger partial charge in [0.25, 0.3) is 5.91 Å². The van der Waals surface area contributed by atoms with Crippen LogP contribution in [-0.2, 0) is 11.2 Å². The van der Waals surface area contributed by atoms with Gasteiger partial charge in [-0.3, -0.25) is 4.79 Å². The number of hydrogen-bond donors (Lipinski definition) is 1. The molecule has 5 heteroatoms. The van der Waals surface area contributed by atoms with Crippen molar-refractivity contribution < 1.29 is 14.7 Å². The zero-order chi connectivity index (χ0) is 14.9. The summed E-state index contributed by atoms with van der Waals surface area (Å²) >= 11 is 1.41. The molecule has 1 aromatic heterocycles. The summed E-state index contributed by atoms with van der Waals surface area (Å²) in [6.07, 6.45) is 2.48. The lowest BCUT2D eigenvalue weighted by Gasteiger charge is -2.43. The minimum absolute atomic E-state index is 0.128. The van der Waals surface area contributed by atoms with Crippen molar-refractivity contribution in [1.29, 1.82) is 0 Å². The molecule has 0 aromatic carbocycles. The molecule has 2 heterocycles. The number of hydrogen-bond acceptors (Lipinski definition) is 3. The van der Waals surface area contributed by atoms with Gasteiger partial charge in [0.15, 0.2) is 0 Å². The van der Waals surface area contributed by atoms with Gasteiger partial charge in [0.05, 0.1) is 4.88 Å². The van der Waals surface area contributed by atoms with E-state index in [4.69, 9.17) is 0 Å². The van der Waals surface area contributed by atoms with Crippen molar-refractivity contribution in [3.05, 3.63) is 21.9 Å². The molecular weight excluding hydrogens is 274 g/mol. The molecule has 1 atom stereocenters. The lowest BCUT2D eigenvalue weighted by molar-refractivity contribution is -0.148. The Kier molecular flexibility index (Phi) is 4.18. The highest BCUT2D eigenvalue weighted by atomic mass is 32.1. The summed E-state index contributed by atoms with van der Waals surface area (Å²) in [6.45, 7) is 6.40. The topological polar surface area (TPSA) is 57.6 Å². The number of carbonyl (C=O) groups is 2. The molecule has 0 bridgehead atoms. The summed E-state index contributed by atoms with van der Waals surface area (Å²) in [6, 6.07) is 1.21. The molecule has 4 nitrogen and oxygen atoms in total. The first-order valence-electron chi connectivity index (χ1n) is 6.98. The Morgan fingerprint density at radius 1 is 1.50 bits per heavy atom. The number of aliphatic carboxylic acids is 1. The van der Waals surface area contributed by atoms with Crippen LogP contribution in [0.2, 0.25) is 0 Å². The fraction of sp³-hybridized carbons (Fsp3) is 0.600. The zero-order valence-electron chi connectivity index (χ0n) is 12.2. The second-order valence-electron chi connectivity index (χ2n) is 5.96. The van der Waals surface area contributed by atoms with Gasteiger partial charge in [0.1, 0.15) is 6.04 Å². The number of thiophene rings is 1. The second kappa shape index (κ2) is 5.56. The number of amides is 1. The van der Waals surface area contributed by atoms with Crippen LogP contribution in [0.1, 0.15) is 48.8 Å². The van der Waals surface area contributed by atoms with Crippen LogP contribution in [0, 0.1) is 5.41 Å². The van der Waals surface area contributed by atoms with E-state index in [1.54, 1.807) is 4.90 Å². The molecule has 20 heavy (non-hydrogen) atoms. The number of aryl methyl sites for hydroxylation is 1. The monoisotopic (exact) mass is 295 g/mol. The Morgan fingerprint density at radius 2 is 2.20 bits per heavy atom. The lowest BCUT2D eigenvalue weighted by atomic mass is 9.76. The molecule has 1 unspecified atom stereocenters. The molecule has 2 rings (SSSR count). The van der Waals surface area contributed by atoms with Gasteiger partial charge in [0, 0.05) is 6.54 Å². The first-order valence-corrected chi connectivity index (χ1v) is 7.86. The summed E-state index contributed by atoms with van der Waals surface area (Å²) in [7, 11) is 0. The predicted molar refractivity (Wildman–Crippen MR) is 79.2 cm³/mol. The molecule has 1 aliphatic rings. The Balaban J connectivity index is 2.34. The summed E-state index contributed by atoms with van der Waals surface area (Å²) < 4.78 is 0. The van der Waals surface area contributed by atoms with E-state index in [-0.39, 0.29) is 11.3 Å². The van der Waals surface area contributed by atoms with Crippen LogP contribution in [-0.4, -0.2) is 34.5 Å². The molecule has 1 fully saturated rings. The van der Waals surface area contributed by atoms with Crippen molar-refractivity contribution in [1.82, 2.24) is 4.90 Å².